The van der Waals surface area contributed by atoms with Crippen molar-refractivity contribution in [2.24, 2.45) is 0 Å². The summed E-state index contributed by atoms with van der Waals surface area (Å²) in [6, 6.07) is 8.74. The maximum Gasteiger partial charge on any atom is 0.222 e. The Hall–Kier alpha value is -1.55. The fourth-order valence-electron chi connectivity index (χ4n) is 3.59. The van der Waals surface area contributed by atoms with Crippen molar-refractivity contribution in [3.8, 4) is 5.75 Å². The fourth-order valence-corrected chi connectivity index (χ4v) is 3.59. The van der Waals surface area contributed by atoms with Crippen molar-refractivity contribution in [2.45, 2.75) is 44.8 Å². The van der Waals surface area contributed by atoms with Crippen LogP contribution < -0.4 is 4.74 Å². The van der Waals surface area contributed by atoms with Crippen LogP contribution in [0.3, 0.4) is 0 Å². The Bertz CT molecular complexity index is 499. The van der Waals surface area contributed by atoms with Gasteiger partial charge in [-0.05, 0) is 24.5 Å². The van der Waals surface area contributed by atoms with Crippen molar-refractivity contribution in [1.29, 1.82) is 0 Å². The molecular formula is C18H26N2O2. The smallest absolute Gasteiger partial charge is 0.222 e. The molecule has 1 amide bonds. The Balaban J connectivity index is 1.46. The van der Waals surface area contributed by atoms with E-state index in [1.54, 1.807) is 0 Å². The summed E-state index contributed by atoms with van der Waals surface area (Å²) in [4.78, 5) is 16.2. The van der Waals surface area contributed by atoms with Crippen molar-refractivity contribution in [3.63, 3.8) is 0 Å². The molecule has 0 aliphatic carbocycles. The molecule has 22 heavy (non-hydrogen) atoms. The number of nitrogens with zero attached hydrogens (tertiary/aromatic N) is 2. The molecule has 4 heteroatoms. The van der Waals surface area contributed by atoms with Crippen molar-refractivity contribution in [1.82, 2.24) is 9.80 Å². The minimum atomic E-state index is 0.257. The summed E-state index contributed by atoms with van der Waals surface area (Å²) in [5.74, 6) is 1.31. The van der Waals surface area contributed by atoms with Crippen molar-refractivity contribution < 1.29 is 9.53 Å². The zero-order valence-electron chi connectivity index (χ0n) is 13.6. The molecule has 0 N–H and O–H groups in total. The zero-order valence-corrected chi connectivity index (χ0v) is 13.6. The van der Waals surface area contributed by atoms with Gasteiger partial charge in [-0.25, -0.2) is 0 Å². The van der Waals surface area contributed by atoms with Crippen LogP contribution >= 0.6 is 0 Å². The van der Waals surface area contributed by atoms with E-state index in [4.69, 9.17) is 4.74 Å². The van der Waals surface area contributed by atoms with E-state index in [1.165, 1.54) is 5.56 Å². The number of carbonyl (C=O) groups excluding carboxylic acids is 1. The quantitative estimate of drug-likeness (QED) is 0.856. The first-order valence-corrected chi connectivity index (χ1v) is 8.40. The van der Waals surface area contributed by atoms with Gasteiger partial charge in [0.25, 0.3) is 0 Å². The molecule has 1 fully saturated rings. The van der Waals surface area contributed by atoms with Crippen LogP contribution in [0.1, 0.15) is 31.7 Å². The van der Waals surface area contributed by atoms with Crippen LogP contribution in [0.2, 0.25) is 0 Å². The maximum absolute atomic E-state index is 11.8. The van der Waals surface area contributed by atoms with Crippen LogP contribution in [-0.4, -0.2) is 54.5 Å². The monoisotopic (exact) mass is 302 g/mol. The normalized spacial score (nSPS) is 22.2. The molecule has 0 spiro atoms. The molecule has 2 heterocycles. The summed E-state index contributed by atoms with van der Waals surface area (Å²) in [6.07, 6.45) is 4.04. The van der Waals surface area contributed by atoms with Crippen LogP contribution in [-0.2, 0) is 11.2 Å². The zero-order chi connectivity index (χ0) is 15.5. The van der Waals surface area contributed by atoms with Gasteiger partial charge in [0, 0.05) is 45.6 Å². The number of benzene rings is 1. The second-order valence-corrected chi connectivity index (χ2v) is 6.44. The highest BCUT2D eigenvalue weighted by molar-refractivity contribution is 5.75. The van der Waals surface area contributed by atoms with Gasteiger partial charge in [-0.2, -0.15) is 0 Å². The topological polar surface area (TPSA) is 32.8 Å². The number of ether oxygens (including phenoxy) is 1. The number of amides is 1. The van der Waals surface area contributed by atoms with E-state index in [2.05, 4.69) is 23.1 Å². The minimum Gasteiger partial charge on any atom is -0.488 e. The molecule has 1 saturated heterocycles. The minimum absolute atomic E-state index is 0.257. The molecule has 1 atom stereocenters. The molecule has 1 aromatic rings. The lowest BCUT2D eigenvalue weighted by Gasteiger charge is -2.37. The Morgan fingerprint density at radius 3 is 2.73 bits per heavy atom. The van der Waals surface area contributed by atoms with E-state index in [-0.39, 0.29) is 12.0 Å². The SMILES string of the molecule is CCC(=O)N(C)C1CCN(CC2Cc3ccccc3O2)CC1. The van der Waals surface area contributed by atoms with Gasteiger partial charge in [0.1, 0.15) is 11.9 Å². The van der Waals surface area contributed by atoms with Gasteiger partial charge in [-0.15, -0.1) is 0 Å². The van der Waals surface area contributed by atoms with Crippen molar-refractivity contribution in [2.75, 3.05) is 26.7 Å². The largest absolute Gasteiger partial charge is 0.488 e. The van der Waals surface area contributed by atoms with Crippen LogP contribution in [0, 0.1) is 0 Å². The molecule has 0 bridgehead atoms. The number of piperidine rings is 1. The fraction of sp³-hybridized carbons (Fsp3) is 0.611. The van der Waals surface area contributed by atoms with E-state index < -0.39 is 0 Å². The Morgan fingerprint density at radius 2 is 2.05 bits per heavy atom. The van der Waals surface area contributed by atoms with Gasteiger partial charge >= 0.3 is 0 Å². The molecule has 1 unspecified atom stereocenters. The summed E-state index contributed by atoms with van der Waals surface area (Å²) < 4.78 is 6.03. The van der Waals surface area contributed by atoms with E-state index in [9.17, 15) is 4.79 Å². The molecule has 3 rings (SSSR count). The number of hydrogen-bond donors (Lipinski definition) is 0. The highest BCUT2D eigenvalue weighted by Crippen LogP contribution is 2.29. The van der Waals surface area contributed by atoms with Gasteiger partial charge in [-0.1, -0.05) is 25.1 Å². The molecule has 120 valence electrons. The lowest BCUT2D eigenvalue weighted by atomic mass is 10.0. The highest BCUT2D eigenvalue weighted by Gasteiger charge is 2.28. The molecule has 0 saturated carbocycles. The van der Waals surface area contributed by atoms with Gasteiger partial charge in [-0.3, -0.25) is 9.69 Å². The van der Waals surface area contributed by atoms with Crippen molar-refractivity contribution >= 4 is 5.91 Å². The maximum atomic E-state index is 11.8. The summed E-state index contributed by atoms with van der Waals surface area (Å²) >= 11 is 0. The Morgan fingerprint density at radius 1 is 1.32 bits per heavy atom. The molecule has 0 aromatic heterocycles. The summed E-state index contributed by atoms with van der Waals surface area (Å²) in [7, 11) is 1.95. The van der Waals surface area contributed by atoms with Gasteiger partial charge in [0.2, 0.25) is 5.91 Å². The number of likely N-dealkylation sites (tertiary alicyclic amines) is 1. The number of carbonyl (C=O) groups is 1. The lowest BCUT2D eigenvalue weighted by molar-refractivity contribution is -0.132. The summed E-state index contributed by atoms with van der Waals surface area (Å²) in [5.41, 5.74) is 1.33. The predicted molar refractivity (Wildman–Crippen MR) is 87.1 cm³/mol. The molecule has 4 nitrogen and oxygen atoms in total. The third kappa shape index (κ3) is 3.27. The second kappa shape index (κ2) is 6.69. The lowest BCUT2D eigenvalue weighted by Crippen LogP contribution is -2.47. The van der Waals surface area contributed by atoms with Crippen LogP contribution in [0.4, 0.5) is 0 Å². The van der Waals surface area contributed by atoms with Crippen LogP contribution in [0.25, 0.3) is 0 Å². The second-order valence-electron chi connectivity index (χ2n) is 6.44. The number of rotatable bonds is 4. The third-order valence-corrected chi connectivity index (χ3v) is 4.98. The first-order chi connectivity index (χ1) is 10.7. The van der Waals surface area contributed by atoms with Gasteiger partial charge in [0.05, 0.1) is 0 Å². The van der Waals surface area contributed by atoms with Crippen molar-refractivity contribution in [3.05, 3.63) is 29.8 Å². The molecule has 2 aliphatic heterocycles. The van der Waals surface area contributed by atoms with E-state index in [0.717, 1.165) is 44.6 Å². The first kappa shape index (κ1) is 15.3. The molecule has 2 aliphatic rings. The number of hydrogen-bond acceptors (Lipinski definition) is 3. The predicted octanol–water partition coefficient (Wildman–Crippen LogP) is 2.32. The summed E-state index contributed by atoms with van der Waals surface area (Å²) in [5, 5.41) is 0. The van der Waals surface area contributed by atoms with Gasteiger partial charge in [0.15, 0.2) is 0 Å². The first-order valence-electron chi connectivity index (χ1n) is 8.40. The average molecular weight is 302 g/mol. The highest BCUT2D eigenvalue weighted by atomic mass is 16.5. The average Bonchev–Trinajstić information content (AvgIpc) is 2.96. The van der Waals surface area contributed by atoms with E-state index >= 15 is 0 Å². The van der Waals surface area contributed by atoms with E-state index in [0.29, 0.717) is 12.5 Å². The third-order valence-electron chi connectivity index (χ3n) is 4.98. The van der Waals surface area contributed by atoms with Crippen LogP contribution in [0.15, 0.2) is 24.3 Å². The number of fused-ring (bicyclic) bond motifs is 1. The van der Waals surface area contributed by atoms with E-state index in [1.807, 2.05) is 24.9 Å². The molecule has 0 radical (unpaired) electrons. The Kier molecular flexibility index (Phi) is 4.67. The molecular weight excluding hydrogens is 276 g/mol. The van der Waals surface area contributed by atoms with Gasteiger partial charge < -0.3 is 9.64 Å². The number of para-hydroxylation sites is 1. The van der Waals surface area contributed by atoms with Crippen LogP contribution in [0.5, 0.6) is 5.75 Å². The standard InChI is InChI=1S/C18H26N2O2/c1-3-18(21)19(2)15-8-10-20(11-9-15)13-16-12-14-6-4-5-7-17(14)22-16/h4-7,15-16H,3,8-13H2,1-2H3. The summed E-state index contributed by atoms with van der Waals surface area (Å²) in [6.45, 7) is 5.04. The Labute approximate surface area is 133 Å². The molecule has 1 aromatic carbocycles.